The number of benzene rings is 2. The highest BCUT2D eigenvalue weighted by Crippen LogP contribution is 2.28. The van der Waals surface area contributed by atoms with E-state index in [1.807, 2.05) is 0 Å². The first-order valence-corrected chi connectivity index (χ1v) is 8.13. The molecule has 0 bridgehead atoms. The van der Waals surface area contributed by atoms with E-state index in [1.165, 1.54) is 28.8 Å². The van der Waals surface area contributed by atoms with Gasteiger partial charge in [0.1, 0.15) is 5.75 Å². The number of anilines is 1. The zero-order valence-electron chi connectivity index (χ0n) is 12.4. The summed E-state index contributed by atoms with van der Waals surface area (Å²) >= 11 is 3.60. The summed E-state index contributed by atoms with van der Waals surface area (Å²) in [5.41, 5.74) is 5.31. The van der Waals surface area contributed by atoms with Gasteiger partial charge in [0, 0.05) is 16.2 Å². The van der Waals surface area contributed by atoms with Gasteiger partial charge in [-0.3, -0.25) is 0 Å². The van der Waals surface area contributed by atoms with Gasteiger partial charge in [-0.1, -0.05) is 28.1 Å². The van der Waals surface area contributed by atoms with Crippen LogP contribution in [0.15, 0.2) is 40.9 Å². The molecule has 0 aromatic heterocycles. The van der Waals surface area contributed by atoms with Gasteiger partial charge >= 0.3 is 0 Å². The van der Waals surface area contributed by atoms with Crippen LogP contribution in [-0.4, -0.2) is 13.2 Å². The van der Waals surface area contributed by atoms with Crippen molar-refractivity contribution < 1.29 is 4.74 Å². The molecule has 110 valence electrons. The second kappa shape index (κ2) is 6.10. The summed E-state index contributed by atoms with van der Waals surface area (Å²) in [6.45, 7) is 2.11. The average molecular weight is 346 g/mol. The zero-order chi connectivity index (χ0) is 14.8. The van der Waals surface area contributed by atoms with Crippen LogP contribution in [0.4, 0.5) is 5.69 Å². The lowest BCUT2D eigenvalue weighted by Gasteiger charge is -2.27. The van der Waals surface area contributed by atoms with Crippen LogP contribution < -0.4 is 10.1 Å². The lowest BCUT2D eigenvalue weighted by molar-refractivity contribution is 0.413. The number of hydrogen-bond donors (Lipinski definition) is 1. The number of aryl methyl sites for hydroxylation is 2. The van der Waals surface area contributed by atoms with E-state index in [2.05, 4.69) is 64.6 Å². The molecule has 3 rings (SSSR count). The molecule has 3 heteroatoms. The minimum absolute atomic E-state index is 0.485. The summed E-state index contributed by atoms with van der Waals surface area (Å²) in [4.78, 5) is 0. The lowest BCUT2D eigenvalue weighted by atomic mass is 9.88. The van der Waals surface area contributed by atoms with Gasteiger partial charge < -0.3 is 10.1 Å². The van der Waals surface area contributed by atoms with Gasteiger partial charge in [-0.05, 0) is 67.1 Å². The molecule has 0 saturated carbocycles. The van der Waals surface area contributed by atoms with E-state index in [4.69, 9.17) is 4.74 Å². The number of halogens is 1. The van der Waals surface area contributed by atoms with Crippen molar-refractivity contribution in [1.82, 2.24) is 0 Å². The smallest absolute Gasteiger partial charge is 0.119 e. The summed E-state index contributed by atoms with van der Waals surface area (Å²) in [6.07, 6.45) is 3.35. The molecule has 0 radical (unpaired) electrons. The van der Waals surface area contributed by atoms with Crippen LogP contribution in [0.5, 0.6) is 5.75 Å². The molecule has 21 heavy (non-hydrogen) atoms. The standard InChI is InChI=1S/C18H20BrNO/c1-12-3-6-16(11-18(12)19)20-15-7-4-13-5-8-17(21-2)10-14(13)9-15/h3,5-6,8,10-11,15,20H,4,7,9H2,1-2H3. The number of rotatable bonds is 3. The Morgan fingerprint density at radius 2 is 2.00 bits per heavy atom. The Morgan fingerprint density at radius 3 is 2.76 bits per heavy atom. The second-order valence-corrected chi connectivity index (χ2v) is 6.54. The summed E-state index contributed by atoms with van der Waals surface area (Å²) in [5, 5.41) is 3.66. The van der Waals surface area contributed by atoms with Crippen molar-refractivity contribution in [2.45, 2.75) is 32.2 Å². The molecule has 0 spiro atoms. The predicted molar refractivity (Wildman–Crippen MR) is 91.3 cm³/mol. The third kappa shape index (κ3) is 3.24. The van der Waals surface area contributed by atoms with Crippen LogP contribution in [0.2, 0.25) is 0 Å². The molecular weight excluding hydrogens is 326 g/mol. The molecule has 1 aliphatic carbocycles. The van der Waals surface area contributed by atoms with Crippen molar-refractivity contribution in [3.8, 4) is 5.75 Å². The monoisotopic (exact) mass is 345 g/mol. The first kappa shape index (κ1) is 14.5. The van der Waals surface area contributed by atoms with Crippen molar-refractivity contribution >= 4 is 21.6 Å². The van der Waals surface area contributed by atoms with Crippen LogP contribution in [0.25, 0.3) is 0 Å². The van der Waals surface area contributed by atoms with Crippen molar-refractivity contribution in [2.24, 2.45) is 0 Å². The molecule has 1 unspecified atom stereocenters. The van der Waals surface area contributed by atoms with E-state index < -0.39 is 0 Å². The lowest BCUT2D eigenvalue weighted by Crippen LogP contribution is -2.27. The van der Waals surface area contributed by atoms with Crippen LogP contribution in [0, 0.1) is 6.92 Å². The van der Waals surface area contributed by atoms with Gasteiger partial charge in [0.25, 0.3) is 0 Å². The largest absolute Gasteiger partial charge is 0.497 e. The average Bonchev–Trinajstić information content (AvgIpc) is 2.50. The van der Waals surface area contributed by atoms with E-state index in [9.17, 15) is 0 Å². The Hall–Kier alpha value is -1.48. The van der Waals surface area contributed by atoms with Crippen molar-refractivity contribution in [3.05, 3.63) is 57.6 Å². The van der Waals surface area contributed by atoms with Crippen LogP contribution in [0.1, 0.15) is 23.1 Å². The maximum Gasteiger partial charge on any atom is 0.119 e. The highest BCUT2D eigenvalue weighted by atomic mass is 79.9. The zero-order valence-corrected chi connectivity index (χ0v) is 14.0. The molecule has 2 nitrogen and oxygen atoms in total. The fourth-order valence-corrected chi connectivity index (χ4v) is 3.28. The number of ether oxygens (including phenoxy) is 1. The summed E-state index contributed by atoms with van der Waals surface area (Å²) in [5.74, 6) is 0.951. The Kier molecular flexibility index (Phi) is 4.20. The summed E-state index contributed by atoms with van der Waals surface area (Å²) < 4.78 is 6.49. The predicted octanol–water partition coefficient (Wildman–Crippen LogP) is 4.74. The fourth-order valence-electron chi connectivity index (χ4n) is 2.90. The number of hydrogen-bond acceptors (Lipinski definition) is 2. The maximum atomic E-state index is 5.34. The first-order chi connectivity index (χ1) is 10.2. The molecule has 0 amide bonds. The normalized spacial score (nSPS) is 17.2. The SMILES string of the molecule is COc1ccc2c(c1)CC(Nc1ccc(C)c(Br)c1)CC2. The molecule has 0 fully saturated rings. The molecule has 1 atom stereocenters. The van der Waals surface area contributed by atoms with Crippen molar-refractivity contribution in [2.75, 3.05) is 12.4 Å². The highest BCUT2D eigenvalue weighted by Gasteiger charge is 2.19. The number of nitrogens with one attached hydrogen (secondary N) is 1. The quantitative estimate of drug-likeness (QED) is 0.867. The van der Waals surface area contributed by atoms with Gasteiger partial charge in [0.05, 0.1) is 7.11 Å². The van der Waals surface area contributed by atoms with Crippen LogP contribution in [0.3, 0.4) is 0 Å². The van der Waals surface area contributed by atoms with Crippen LogP contribution in [-0.2, 0) is 12.8 Å². The minimum Gasteiger partial charge on any atom is -0.497 e. The van der Waals surface area contributed by atoms with Crippen molar-refractivity contribution in [1.29, 1.82) is 0 Å². The summed E-state index contributed by atoms with van der Waals surface area (Å²) in [6, 6.07) is 13.4. The maximum absolute atomic E-state index is 5.34. The Morgan fingerprint density at radius 1 is 1.14 bits per heavy atom. The van der Waals surface area contributed by atoms with Gasteiger partial charge in [-0.25, -0.2) is 0 Å². The highest BCUT2D eigenvalue weighted by molar-refractivity contribution is 9.10. The Labute approximate surface area is 134 Å². The third-order valence-corrected chi connectivity index (χ3v) is 5.04. The molecule has 2 aromatic rings. The van der Waals surface area contributed by atoms with E-state index >= 15 is 0 Å². The van der Waals surface area contributed by atoms with E-state index in [1.54, 1.807) is 7.11 Å². The molecule has 0 heterocycles. The third-order valence-electron chi connectivity index (χ3n) is 4.18. The Balaban J connectivity index is 1.74. The molecular formula is C18H20BrNO. The van der Waals surface area contributed by atoms with Gasteiger partial charge in [-0.2, -0.15) is 0 Å². The molecule has 0 saturated heterocycles. The molecule has 2 aromatic carbocycles. The van der Waals surface area contributed by atoms with Gasteiger partial charge in [0.2, 0.25) is 0 Å². The first-order valence-electron chi connectivity index (χ1n) is 7.34. The molecule has 0 aliphatic heterocycles. The molecule has 1 N–H and O–H groups in total. The van der Waals surface area contributed by atoms with E-state index in [0.29, 0.717) is 6.04 Å². The van der Waals surface area contributed by atoms with E-state index in [-0.39, 0.29) is 0 Å². The van der Waals surface area contributed by atoms with Crippen molar-refractivity contribution in [3.63, 3.8) is 0 Å². The fraction of sp³-hybridized carbons (Fsp3) is 0.333. The Bertz CT molecular complexity index is 654. The van der Waals surface area contributed by atoms with Gasteiger partial charge in [-0.15, -0.1) is 0 Å². The van der Waals surface area contributed by atoms with E-state index in [0.717, 1.165) is 23.1 Å². The number of methoxy groups -OCH3 is 1. The second-order valence-electron chi connectivity index (χ2n) is 5.68. The van der Waals surface area contributed by atoms with Gasteiger partial charge in [0.15, 0.2) is 0 Å². The van der Waals surface area contributed by atoms with Crippen LogP contribution >= 0.6 is 15.9 Å². The topological polar surface area (TPSA) is 21.3 Å². The molecule has 1 aliphatic rings. The minimum atomic E-state index is 0.485. The number of fused-ring (bicyclic) bond motifs is 1. The summed E-state index contributed by atoms with van der Waals surface area (Å²) in [7, 11) is 1.73.